The molecule has 0 bridgehead atoms. The van der Waals surface area contributed by atoms with Crippen molar-refractivity contribution in [3.8, 4) is 0 Å². The van der Waals surface area contributed by atoms with Gasteiger partial charge >= 0.3 is 0 Å². The molecule has 0 radical (unpaired) electrons. The third kappa shape index (κ3) is 4.48. The molecule has 0 aromatic heterocycles. The fraction of sp³-hybridized carbons (Fsp3) is 0.350. The van der Waals surface area contributed by atoms with Gasteiger partial charge in [0, 0.05) is 30.4 Å². The maximum absolute atomic E-state index is 12.9. The monoisotopic (exact) mass is 387 g/mol. The molecule has 27 heavy (non-hydrogen) atoms. The van der Waals surface area contributed by atoms with Crippen molar-refractivity contribution < 1.29 is 13.2 Å². The summed E-state index contributed by atoms with van der Waals surface area (Å²) in [4.78, 5) is 14.7. The molecule has 0 aliphatic carbocycles. The van der Waals surface area contributed by atoms with E-state index < -0.39 is 10.0 Å². The van der Waals surface area contributed by atoms with Crippen molar-refractivity contribution in [2.45, 2.75) is 37.6 Å². The maximum atomic E-state index is 12.9. The number of anilines is 1. The van der Waals surface area contributed by atoms with Crippen LogP contribution in [0.15, 0.2) is 47.4 Å². The molecule has 0 spiro atoms. The summed E-state index contributed by atoms with van der Waals surface area (Å²) in [5, 5.41) is 0. The number of rotatable bonds is 4. The standard InChI is InChI=1S/C20H25N3O3S/c1-14-4-3-5-17(12-14)22-27(25,26)18-7-6-15(2)19(13-18)20(24)23-10-8-16(21)9-11-23/h3-7,12-13,16,22H,8-11,21H2,1-2H3. The van der Waals surface area contributed by atoms with Crippen molar-refractivity contribution in [3.05, 3.63) is 59.2 Å². The summed E-state index contributed by atoms with van der Waals surface area (Å²) in [6.45, 7) is 4.90. The second-order valence-electron chi connectivity index (χ2n) is 7.08. The van der Waals surface area contributed by atoms with Gasteiger partial charge in [0.05, 0.1) is 4.90 Å². The highest BCUT2D eigenvalue weighted by Crippen LogP contribution is 2.22. The molecule has 0 atom stereocenters. The molecule has 6 nitrogen and oxygen atoms in total. The van der Waals surface area contributed by atoms with E-state index in [4.69, 9.17) is 5.73 Å². The number of aryl methyl sites for hydroxylation is 2. The van der Waals surface area contributed by atoms with Crippen LogP contribution in [-0.2, 0) is 10.0 Å². The topological polar surface area (TPSA) is 92.5 Å². The van der Waals surface area contributed by atoms with Gasteiger partial charge < -0.3 is 10.6 Å². The predicted molar refractivity (Wildman–Crippen MR) is 106 cm³/mol. The molecule has 1 aliphatic heterocycles. The second kappa shape index (κ2) is 7.70. The highest BCUT2D eigenvalue weighted by atomic mass is 32.2. The van der Waals surface area contributed by atoms with E-state index in [-0.39, 0.29) is 16.8 Å². The average molecular weight is 388 g/mol. The molecule has 1 heterocycles. The maximum Gasteiger partial charge on any atom is 0.261 e. The first-order valence-electron chi connectivity index (χ1n) is 9.01. The first-order valence-corrected chi connectivity index (χ1v) is 10.5. The summed E-state index contributed by atoms with van der Waals surface area (Å²) in [6, 6.07) is 11.9. The van der Waals surface area contributed by atoms with Crippen LogP contribution in [0.25, 0.3) is 0 Å². The number of carbonyl (C=O) groups is 1. The first-order chi connectivity index (χ1) is 12.8. The Hall–Kier alpha value is -2.38. The Kier molecular flexibility index (Phi) is 5.53. The first kappa shape index (κ1) is 19.4. The van der Waals surface area contributed by atoms with Crippen LogP contribution in [0, 0.1) is 13.8 Å². The van der Waals surface area contributed by atoms with Crippen LogP contribution in [0.3, 0.4) is 0 Å². The van der Waals surface area contributed by atoms with Crippen LogP contribution >= 0.6 is 0 Å². The summed E-state index contributed by atoms with van der Waals surface area (Å²) < 4.78 is 28.1. The van der Waals surface area contributed by atoms with Crippen LogP contribution in [0.4, 0.5) is 5.69 Å². The van der Waals surface area contributed by atoms with Gasteiger partial charge in [-0.2, -0.15) is 0 Å². The van der Waals surface area contributed by atoms with E-state index in [1.54, 1.807) is 29.2 Å². The zero-order valence-electron chi connectivity index (χ0n) is 15.6. The van der Waals surface area contributed by atoms with Gasteiger partial charge in [0.1, 0.15) is 0 Å². The van der Waals surface area contributed by atoms with E-state index in [9.17, 15) is 13.2 Å². The van der Waals surface area contributed by atoms with Crippen molar-refractivity contribution in [1.29, 1.82) is 0 Å². The van der Waals surface area contributed by atoms with Crippen LogP contribution in [-0.4, -0.2) is 38.4 Å². The molecule has 7 heteroatoms. The SMILES string of the molecule is Cc1cccc(NS(=O)(=O)c2ccc(C)c(C(=O)N3CCC(N)CC3)c2)c1. The Morgan fingerprint density at radius 3 is 2.48 bits per heavy atom. The minimum atomic E-state index is -3.78. The molecule has 0 saturated carbocycles. The summed E-state index contributed by atoms with van der Waals surface area (Å²) in [5.74, 6) is -0.146. The zero-order chi connectivity index (χ0) is 19.6. The fourth-order valence-corrected chi connectivity index (χ4v) is 4.27. The van der Waals surface area contributed by atoms with E-state index in [0.29, 0.717) is 24.3 Å². The molecule has 1 aliphatic rings. The lowest BCUT2D eigenvalue weighted by atomic mass is 10.0. The number of carbonyl (C=O) groups excluding carboxylic acids is 1. The minimum absolute atomic E-state index is 0.0756. The number of nitrogens with zero attached hydrogens (tertiary/aromatic N) is 1. The highest BCUT2D eigenvalue weighted by Gasteiger charge is 2.24. The lowest BCUT2D eigenvalue weighted by Gasteiger charge is -2.30. The van der Waals surface area contributed by atoms with Crippen LogP contribution in [0.1, 0.15) is 34.3 Å². The smallest absolute Gasteiger partial charge is 0.261 e. The van der Waals surface area contributed by atoms with Gasteiger partial charge in [-0.15, -0.1) is 0 Å². The Morgan fingerprint density at radius 1 is 1.11 bits per heavy atom. The van der Waals surface area contributed by atoms with Crippen molar-refractivity contribution in [2.75, 3.05) is 17.8 Å². The van der Waals surface area contributed by atoms with Gasteiger partial charge in [-0.05, 0) is 62.1 Å². The van der Waals surface area contributed by atoms with Gasteiger partial charge in [-0.25, -0.2) is 8.42 Å². The number of likely N-dealkylation sites (tertiary alicyclic amines) is 1. The Bertz CT molecular complexity index is 949. The molecule has 1 amide bonds. The van der Waals surface area contributed by atoms with E-state index in [2.05, 4.69) is 4.72 Å². The van der Waals surface area contributed by atoms with Crippen LogP contribution in [0.5, 0.6) is 0 Å². The van der Waals surface area contributed by atoms with Gasteiger partial charge in [-0.1, -0.05) is 18.2 Å². The Balaban J connectivity index is 1.87. The third-order valence-electron chi connectivity index (χ3n) is 4.85. The summed E-state index contributed by atoms with van der Waals surface area (Å²) >= 11 is 0. The summed E-state index contributed by atoms with van der Waals surface area (Å²) in [7, 11) is -3.78. The second-order valence-corrected chi connectivity index (χ2v) is 8.76. The molecule has 3 rings (SSSR count). The number of benzene rings is 2. The predicted octanol–water partition coefficient (Wildman–Crippen LogP) is 2.67. The van der Waals surface area contributed by atoms with E-state index in [1.807, 2.05) is 19.9 Å². The van der Waals surface area contributed by atoms with Crippen molar-refractivity contribution in [2.24, 2.45) is 5.73 Å². The number of hydrogen-bond acceptors (Lipinski definition) is 4. The molecule has 3 N–H and O–H groups in total. The van der Waals surface area contributed by atoms with Crippen LogP contribution in [0.2, 0.25) is 0 Å². The molecule has 144 valence electrons. The zero-order valence-corrected chi connectivity index (χ0v) is 16.4. The van der Waals surface area contributed by atoms with E-state index >= 15 is 0 Å². The Morgan fingerprint density at radius 2 is 1.81 bits per heavy atom. The van der Waals surface area contributed by atoms with Gasteiger partial charge in [0.25, 0.3) is 15.9 Å². The molecule has 1 fully saturated rings. The fourth-order valence-electron chi connectivity index (χ4n) is 3.19. The molecule has 2 aromatic rings. The molecule has 2 aromatic carbocycles. The Labute approximate surface area is 160 Å². The summed E-state index contributed by atoms with van der Waals surface area (Å²) in [6.07, 6.45) is 1.52. The average Bonchev–Trinajstić information content (AvgIpc) is 2.61. The van der Waals surface area contributed by atoms with Gasteiger partial charge in [-0.3, -0.25) is 9.52 Å². The number of nitrogens with one attached hydrogen (secondary N) is 1. The number of amides is 1. The van der Waals surface area contributed by atoms with Crippen molar-refractivity contribution >= 4 is 21.6 Å². The quantitative estimate of drug-likeness (QED) is 0.844. The number of piperidine rings is 1. The number of nitrogens with two attached hydrogens (primary N) is 1. The normalized spacial score (nSPS) is 15.6. The highest BCUT2D eigenvalue weighted by molar-refractivity contribution is 7.92. The molecule has 1 saturated heterocycles. The van der Waals surface area contributed by atoms with Gasteiger partial charge in [0.2, 0.25) is 0 Å². The van der Waals surface area contributed by atoms with Crippen molar-refractivity contribution in [3.63, 3.8) is 0 Å². The van der Waals surface area contributed by atoms with E-state index in [0.717, 1.165) is 24.0 Å². The lowest BCUT2D eigenvalue weighted by molar-refractivity contribution is 0.0713. The molecular formula is C20H25N3O3S. The summed E-state index contributed by atoms with van der Waals surface area (Å²) in [5.41, 5.74) is 8.52. The van der Waals surface area contributed by atoms with Crippen LogP contribution < -0.4 is 10.5 Å². The van der Waals surface area contributed by atoms with Crippen molar-refractivity contribution in [1.82, 2.24) is 4.90 Å². The number of hydrogen-bond donors (Lipinski definition) is 2. The third-order valence-corrected chi connectivity index (χ3v) is 6.23. The minimum Gasteiger partial charge on any atom is -0.339 e. The molecule has 0 unspecified atom stereocenters. The lowest BCUT2D eigenvalue weighted by Crippen LogP contribution is -2.43. The van der Waals surface area contributed by atoms with Gasteiger partial charge in [0.15, 0.2) is 0 Å². The molecular weight excluding hydrogens is 362 g/mol. The largest absolute Gasteiger partial charge is 0.339 e. The van der Waals surface area contributed by atoms with E-state index in [1.165, 1.54) is 12.1 Å². The number of sulfonamides is 1.